The predicted octanol–water partition coefficient (Wildman–Crippen LogP) is 2.97. The van der Waals surface area contributed by atoms with Gasteiger partial charge in [0.2, 0.25) is 0 Å². The molecular formula is C13H11FN2O2. The van der Waals surface area contributed by atoms with Crippen LogP contribution in [0.5, 0.6) is 0 Å². The van der Waals surface area contributed by atoms with E-state index in [1.807, 2.05) is 0 Å². The Bertz CT molecular complexity index is 579. The van der Waals surface area contributed by atoms with Crippen molar-refractivity contribution in [1.82, 2.24) is 4.98 Å². The van der Waals surface area contributed by atoms with Gasteiger partial charge in [-0.25, -0.2) is 9.18 Å². The highest BCUT2D eigenvalue weighted by molar-refractivity contribution is 5.94. The first-order valence-electron chi connectivity index (χ1n) is 5.29. The van der Waals surface area contributed by atoms with Crippen molar-refractivity contribution in [2.75, 3.05) is 5.32 Å². The molecule has 0 unspecified atom stereocenters. The molecule has 2 rings (SSSR count). The van der Waals surface area contributed by atoms with Crippen LogP contribution in [0.4, 0.5) is 15.8 Å². The van der Waals surface area contributed by atoms with Gasteiger partial charge in [-0.3, -0.25) is 4.98 Å². The standard InChI is InChI=1S/C13H11FN2O2/c1-8-3-2-4-10(14)12(8)16-11-7-15-6-5-9(11)13(17)18/h2-7,16H,1H3,(H,17,18). The summed E-state index contributed by atoms with van der Waals surface area (Å²) in [6.45, 7) is 1.74. The lowest BCUT2D eigenvalue weighted by molar-refractivity contribution is 0.0698. The Morgan fingerprint density at radius 2 is 2.17 bits per heavy atom. The minimum Gasteiger partial charge on any atom is -0.478 e. The number of carbonyl (C=O) groups is 1. The van der Waals surface area contributed by atoms with Gasteiger partial charge < -0.3 is 10.4 Å². The van der Waals surface area contributed by atoms with Crippen LogP contribution in [0.2, 0.25) is 0 Å². The van der Waals surface area contributed by atoms with Gasteiger partial charge >= 0.3 is 5.97 Å². The highest BCUT2D eigenvalue weighted by Gasteiger charge is 2.12. The molecule has 0 aliphatic carbocycles. The van der Waals surface area contributed by atoms with Gasteiger partial charge in [-0.05, 0) is 24.6 Å². The molecule has 0 radical (unpaired) electrons. The molecule has 0 fully saturated rings. The molecule has 5 heteroatoms. The van der Waals surface area contributed by atoms with E-state index in [1.54, 1.807) is 19.1 Å². The van der Waals surface area contributed by atoms with Gasteiger partial charge in [0, 0.05) is 6.20 Å². The number of benzene rings is 1. The van der Waals surface area contributed by atoms with Crippen LogP contribution in [0.25, 0.3) is 0 Å². The summed E-state index contributed by atoms with van der Waals surface area (Å²) in [7, 11) is 0. The Labute approximate surface area is 103 Å². The van der Waals surface area contributed by atoms with Crippen molar-refractivity contribution in [3.05, 3.63) is 53.6 Å². The highest BCUT2D eigenvalue weighted by atomic mass is 19.1. The van der Waals surface area contributed by atoms with Crippen molar-refractivity contribution in [2.24, 2.45) is 0 Å². The van der Waals surface area contributed by atoms with Crippen molar-refractivity contribution in [3.63, 3.8) is 0 Å². The largest absolute Gasteiger partial charge is 0.478 e. The second-order valence-electron chi connectivity index (χ2n) is 3.78. The van der Waals surface area contributed by atoms with E-state index in [9.17, 15) is 9.18 Å². The summed E-state index contributed by atoms with van der Waals surface area (Å²) in [6.07, 6.45) is 2.73. The van der Waals surface area contributed by atoms with Gasteiger partial charge in [-0.15, -0.1) is 0 Å². The third kappa shape index (κ3) is 2.29. The van der Waals surface area contributed by atoms with Crippen LogP contribution >= 0.6 is 0 Å². The minimum absolute atomic E-state index is 0.0488. The minimum atomic E-state index is -1.09. The lowest BCUT2D eigenvalue weighted by atomic mass is 10.1. The van der Waals surface area contributed by atoms with Crippen LogP contribution < -0.4 is 5.32 Å². The maximum Gasteiger partial charge on any atom is 0.337 e. The number of aromatic carboxylic acids is 1. The Morgan fingerprint density at radius 3 is 2.83 bits per heavy atom. The molecule has 1 aromatic carbocycles. The molecule has 0 amide bonds. The second-order valence-corrected chi connectivity index (χ2v) is 3.78. The van der Waals surface area contributed by atoms with E-state index >= 15 is 0 Å². The van der Waals surface area contributed by atoms with Crippen molar-refractivity contribution in [3.8, 4) is 0 Å². The maximum atomic E-state index is 13.6. The highest BCUT2D eigenvalue weighted by Crippen LogP contribution is 2.25. The number of aryl methyl sites for hydroxylation is 1. The summed E-state index contributed by atoms with van der Waals surface area (Å²) in [6, 6.07) is 6.01. The van der Waals surface area contributed by atoms with Crippen LogP contribution in [0, 0.1) is 12.7 Å². The van der Waals surface area contributed by atoms with E-state index in [4.69, 9.17) is 5.11 Å². The molecule has 0 saturated heterocycles. The summed E-state index contributed by atoms with van der Waals surface area (Å²) in [5.74, 6) is -1.52. The number of hydrogen-bond acceptors (Lipinski definition) is 3. The normalized spacial score (nSPS) is 10.1. The van der Waals surface area contributed by atoms with E-state index in [0.717, 1.165) is 0 Å². The number of carboxylic acid groups (broad SMARTS) is 1. The zero-order chi connectivity index (χ0) is 13.1. The monoisotopic (exact) mass is 246 g/mol. The lowest BCUT2D eigenvalue weighted by Gasteiger charge is -2.12. The molecule has 0 bridgehead atoms. The zero-order valence-electron chi connectivity index (χ0n) is 9.64. The number of anilines is 2. The summed E-state index contributed by atoms with van der Waals surface area (Å²) < 4.78 is 13.6. The van der Waals surface area contributed by atoms with Gasteiger partial charge in [-0.2, -0.15) is 0 Å². The fourth-order valence-electron chi connectivity index (χ4n) is 1.61. The van der Waals surface area contributed by atoms with Crippen LogP contribution in [0.15, 0.2) is 36.7 Å². The molecule has 92 valence electrons. The van der Waals surface area contributed by atoms with Crippen molar-refractivity contribution in [1.29, 1.82) is 0 Å². The summed E-state index contributed by atoms with van der Waals surface area (Å²) >= 11 is 0. The van der Waals surface area contributed by atoms with Crippen LogP contribution in [0.3, 0.4) is 0 Å². The second kappa shape index (κ2) is 4.83. The van der Waals surface area contributed by atoms with Gasteiger partial charge in [0.05, 0.1) is 23.1 Å². The van der Waals surface area contributed by atoms with Crippen LogP contribution in [-0.2, 0) is 0 Å². The number of halogens is 1. The molecule has 0 aliphatic rings. The van der Waals surface area contributed by atoms with Crippen LogP contribution in [0.1, 0.15) is 15.9 Å². The molecule has 1 heterocycles. The van der Waals surface area contributed by atoms with E-state index in [0.29, 0.717) is 5.56 Å². The number of carboxylic acids is 1. The average molecular weight is 246 g/mol. The molecule has 0 atom stereocenters. The Balaban J connectivity index is 2.43. The van der Waals surface area contributed by atoms with Gasteiger partial charge in [-0.1, -0.05) is 12.1 Å². The molecule has 0 saturated carbocycles. The van der Waals surface area contributed by atoms with Crippen molar-refractivity contribution < 1.29 is 14.3 Å². The maximum absolute atomic E-state index is 13.6. The molecule has 0 spiro atoms. The Morgan fingerprint density at radius 1 is 1.39 bits per heavy atom. The van der Waals surface area contributed by atoms with Crippen LogP contribution in [-0.4, -0.2) is 16.1 Å². The van der Waals surface area contributed by atoms with Gasteiger partial charge in [0.15, 0.2) is 0 Å². The number of aromatic nitrogens is 1. The van der Waals surface area contributed by atoms with Crippen molar-refractivity contribution in [2.45, 2.75) is 6.92 Å². The summed E-state index contributed by atoms with van der Waals surface area (Å²) in [5, 5.41) is 11.8. The van der Waals surface area contributed by atoms with E-state index < -0.39 is 11.8 Å². The van der Waals surface area contributed by atoms with E-state index in [-0.39, 0.29) is 16.9 Å². The van der Waals surface area contributed by atoms with Crippen molar-refractivity contribution >= 4 is 17.3 Å². The van der Waals surface area contributed by atoms with E-state index in [1.165, 1.54) is 24.5 Å². The molecular weight excluding hydrogens is 235 g/mol. The smallest absolute Gasteiger partial charge is 0.337 e. The number of para-hydroxylation sites is 1. The summed E-state index contributed by atoms with van der Waals surface area (Å²) in [4.78, 5) is 14.9. The van der Waals surface area contributed by atoms with E-state index in [2.05, 4.69) is 10.3 Å². The molecule has 2 aromatic rings. The van der Waals surface area contributed by atoms with Gasteiger partial charge in [0.25, 0.3) is 0 Å². The first-order valence-corrected chi connectivity index (χ1v) is 5.29. The zero-order valence-corrected chi connectivity index (χ0v) is 9.64. The number of nitrogens with zero attached hydrogens (tertiary/aromatic N) is 1. The number of nitrogens with one attached hydrogen (secondary N) is 1. The molecule has 1 aromatic heterocycles. The molecule has 2 N–H and O–H groups in total. The lowest BCUT2D eigenvalue weighted by Crippen LogP contribution is -2.05. The first-order chi connectivity index (χ1) is 8.59. The first kappa shape index (κ1) is 12.0. The average Bonchev–Trinajstić information content (AvgIpc) is 2.34. The predicted molar refractivity (Wildman–Crippen MR) is 65.6 cm³/mol. The fraction of sp³-hybridized carbons (Fsp3) is 0.0769. The van der Waals surface area contributed by atoms with Gasteiger partial charge in [0.1, 0.15) is 5.82 Å². The SMILES string of the molecule is Cc1cccc(F)c1Nc1cnccc1C(=O)O. The Hall–Kier alpha value is -2.43. The molecule has 0 aliphatic heterocycles. The topological polar surface area (TPSA) is 62.2 Å². The molecule has 18 heavy (non-hydrogen) atoms. The quantitative estimate of drug-likeness (QED) is 0.874. The third-order valence-corrected chi connectivity index (χ3v) is 2.53. The number of rotatable bonds is 3. The third-order valence-electron chi connectivity index (χ3n) is 2.53. The molecule has 4 nitrogen and oxygen atoms in total. The number of pyridine rings is 1. The fourth-order valence-corrected chi connectivity index (χ4v) is 1.61. The number of hydrogen-bond donors (Lipinski definition) is 2. The Kier molecular flexibility index (Phi) is 3.23. The summed E-state index contributed by atoms with van der Waals surface area (Å²) in [5.41, 5.74) is 1.26.